The minimum atomic E-state index is -0.310. The van der Waals surface area contributed by atoms with Crippen molar-refractivity contribution in [2.24, 2.45) is 5.92 Å². The number of hydrogen-bond acceptors (Lipinski definition) is 1. The van der Waals surface area contributed by atoms with Crippen LogP contribution in [0.15, 0.2) is 12.1 Å². The van der Waals surface area contributed by atoms with Crippen LogP contribution in [0.5, 0.6) is 0 Å². The smallest absolute Gasteiger partial charge is 0.128 e. The van der Waals surface area contributed by atoms with Crippen LogP contribution in [-0.2, 0) is 0 Å². The zero-order valence-corrected chi connectivity index (χ0v) is 13.2. The summed E-state index contributed by atoms with van der Waals surface area (Å²) in [5.74, 6) is 0.0314. The standard InChI is InChI=1S/C18H27F2N/c1-3-21-18(11-14-8-6-4-5-7-9-14)15-12-16(19)13(2)10-17(15)20/h10,12,14,18,21H,3-9,11H2,1-2H3. The Morgan fingerprint density at radius 1 is 1.10 bits per heavy atom. The van der Waals surface area contributed by atoms with Gasteiger partial charge in [0.05, 0.1) is 0 Å². The molecule has 1 aliphatic rings. The fraction of sp³-hybridized carbons (Fsp3) is 0.667. The first-order valence-corrected chi connectivity index (χ1v) is 8.30. The molecule has 1 unspecified atom stereocenters. The summed E-state index contributed by atoms with van der Waals surface area (Å²) in [4.78, 5) is 0. The highest BCUT2D eigenvalue weighted by molar-refractivity contribution is 5.27. The van der Waals surface area contributed by atoms with Gasteiger partial charge in [0.1, 0.15) is 11.6 Å². The summed E-state index contributed by atoms with van der Waals surface area (Å²) < 4.78 is 28.0. The van der Waals surface area contributed by atoms with Gasteiger partial charge in [-0.05, 0) is 43.5 Å². The molecule has 1 fully saturated rings. The summed E-state index contributed by atoms with van der Waals surface area (Å²) in [5.41, 5.74) is 0.866. The second-order valence-corrected chi connectivity index (χ2v) is 6.33. The van der Waals surface area contributed by atoms with Gasteiger partial charge >= 0.3 is 0 Å². The molecule has 2 rings (SSSR count). The fourth-order valence-electron chi connectivity index (χ4n) is 3.43. The monoisotopic (exact) mass is 295 g/mol. The second-order valence-electron chi connectivity index (χ2n) is 6.33. The Kier molecular flexibility index (Phi) is 6.16. The van der Waals surface area contributed by atoms with E-state index in [0.29, 0.717) is 17.0 Å². The van der Waals surface area contributed by atoms with Gasteiger partial charge in [0, 0.05) is 11.6 Å². The molecular weight excluding hydrogens is 268 g/mol. The SMILES string of the molecule is CCNC(CC1CCCCCC1)c1cc(F)c(C)cc1F. The predicted molar refractivity (Wildman–Crippen MR) is 83.3 cm³/mol. The molecule has 1 saturated carbocycles. The molecule has 1 N–H and O–H groups in total. The van der Waals surface area contributed by atoms with E-state index in [4.69, 9.17) is 0 Å². The Bertz CT molecular complexity index is 451. The van der Waals surface area contributed by atoms with Crippen LogP contribution in [0.4, 0.5) is 8.78 Å². The Labute approximate surface area is 127 Å². The lowest BCUT2D eigenvalue weighted by Crippen LogP contribution is -2.24. The summed E-state index contributed by atoms with van der Waals surface area (Å²) in [7, 11) is 0. The van der Waals surface area contributed by atoms with Crippen molar-refractivity contribution in [1.29, 1.82) is 0 Å². The van der Waals surface area contributed by atoms with E-state index in [9.17, 15) is 8.78 Å². The van der Waals surface area contributed by atoms with Crippen LogP contribution in [0.25, 0.3) is 0 Å². The topological polar surface area (TPSA) is 12.0 Å². The lowest BCUT2D eigenvalue weighted by molar-refractivity contribution is 0.352. The Hall–Kier alpha value is -0.960. The summed E-state index contributed by atoms with van der Waals surface area (Å²) in [6.07, 6.45) is 8.53. The van der Waals surface area contributed by atoms with E-state index in [1.165, 1.54) is 50.7 Å². The van der Waals surface area contributed by atoms with E-state index < -0.39 is 0 Å². The number of hydrogen-bond donors (Lipinski definition) is 1. The van der Waals surface area contributed by atoms with Crippen LogP contribution in [0, 0.1) is 24.5 Å². The van der Waals surface area contributed by atoms with Gasteiger partial charge in [-0.25, -0.2) is 8.78 Å². The molecular formula is C18H27F2N. The maximum Gasteiger partial charge on any atom is 0.128 e. The number of rotatable bonds is 5. The molecule has 1 aromatic rings. The highest BCUT2D eigenvalue weighted by atomic mass is 19.1. The number of aryl methyl sites for hydroxylation is 1. The molecule has 1 aromatic carbocycles. The molecule has 0 spiro atoms. The Morgan fingerprint density at radius 3 is 2.38 bits per heavy atom. The molecule has 0 saturated heterocycles. The maximum absolute atomic E-state index is 14.2. The fourth-order valence-corrected chi connectivity index (χ4v) is 3.43. The van der Waals surface area contributed by atoms with E-state index in [1.807, 2.05) is 6.92 Å². The lowest BCUT2D eigenvalue weighted by atomic mass is 9.89. The van der Waals surface area contributed by atoms with Crippen molar-refractivity contribution >= 4 is 0 Å². The van der Waals surface area contributed by atoms with Crippen molar-refractivity contribution in [1.82, 2.24) is 5.32 Å². The zero-order valence-electron chi connectivity index (χ0n) is 13.2. The van der Waals surface area contributed by atoms with Gasteiger partial charge in [-0.2, -0.15) is 0 Å². The first kappa shape index (κ1) is 16.4. The Balaban J connectivity index is 2.15. The van der Waals surface area contributed by atoms with E-state index in [2.05, 4.69) is 5.32 Å². The first-order chi connectivity index (χ1) is 10.1. The van der Waals surface area contributed by atoms with Gasteiger partial charge < -0.3 is 5.32 Å². The molecule has 0 heterocycles. The maximum atomic E-state index is 14.2. The molecule has 1 atom stereocenters. The van der Waals surface area contributed by atoms with Crippen molar-refractivity contribution in [2.75, 3.05) is 6.54 Å². The van der Waals surface area contributed by atoms with Gasteiger partial charge in [0.2, 0.25) is 0 Å². The van der Waals surface area contributed by atoms with Crippen LogP contribution in [-0.4, -0.2) is 6.54 Å². The van der Waals surface area contributed by atoms with Crippen molar-refractivity contribution < 1.29 is 8.78 Å². The van der Waals surface area contributed by atoms with Gasteiger partial charge in [-0.3, -0.25) is 0 Å². The molecule has 1 nitrogen and oxygen atoms in total. The number of halogens is 2. The summed E-state index contributed by atoms with van der Waals surface area (Å²) in [5, 5.41) is 3.35. The van der Waals surface area contributed by atoms with E-state index in [0.717, 1.165) is 13.0 Å². The average Bonchev–Trinajstić information content (AvgIpc) is 2.71. The molecule has 0 bridgehead atoms. The average molecular weight is 295 g/mol. The van der Waals surface area contributed by atoms with E-state index >= 15 is 0 Å². The van der Waals surface area contributed by atoms with E-state index in [1.54, 1.807) is 6.92 Å². The molecule has 0 aliphatic heterocycles. The predicted octanol–water partition coefficient (Wildman–Crippen LogP) is 5.28. The van der Waals surface area contributed by atoms with Gasteiger partial charge in [0.15, 0.2) is 0 Å². The van der Waals surface area contributed by atoms with Gasteiger partial charge in [0.25, 0.3) is 0 Å². The molecule has 118 valence electrons. The van der Waals surface area contributed by atoms with Crippen molar-refractivity contribution in [3.05, 3.63) is 34.9 Å². The van der Waals surface area contributed by atoms with Crippen molar-refractivity contribution in [2.45, 2.75) is 64.8 Å². The van der Waals surface area contributed by atoms with Gasteiger partial charge in [-0.15, -0.1) is 0 Å². The second kappa shape index (κ2) is 7.88. The van der Waals surface area contributed by atoms with Crippen molar-refractivity contribution in [3.8, 4) is 0 Å². The zero-order chi connectivity index (χ0) is 15.2. The quantitative estimate of drug-likeness (QED) is 0.728. The molecule has 0 aromatic heterocycles. The van der Waals surface area contributed by atoms with E-state index in [-0.39, 0.29) is 17.7 Å². The minimum absolute atomic E-state index is 0.0757. The molecule has 21 heavy (non-hydrogen) atoms. The van der Waals surface area contributed by atoms with Crippen LogP contribution in [0.1, 0.15) is 69.0 Å². The van der Waals surface area contributed by atoms with Crippen LogP contribution in [0.2, 0.25) is 0 Å². The lowest BCUT2D eigenvalue weighted by Gasteiger charge is -2.24. The highest BCUT2D eigenvalue weighted by Gasteiger charge is 2.22. The van der Waals surface area contributed by atoms with Crippen LogP contribution < -0.4 is 5.32 Å². The summed E-state index contributed by atoms with van der Waals surface area (Å²) in [6, 6.07) is 2.63. The number of benzene rings is 1. The summed E-state index contributed by atoms with van der Waals surface area (Å²) in [6.45, 7) is 4.39. The minimum Gasteiger partial charge on any atom is -0.310 e. The van der Waals surface area contributed by atoms with Crippen molar-refractivity contribution in [3.63, 3.8) is 0 Å². The molecule has 3 heteroatoms. The highest BCUT2D eigenvalue weighted by Crippen LogP contribution is 2.32. The molecule has 0 radical (unpaired) electrons. The summed E-state index contributed by atoms with van der Waals surface area (Å²) >= 11 is 0. The largest absolute Gasteiger partial charge is 0.310 e. The van der Waals surface area contributed by atoms with Crippen LogP contribution in [0.3, 0.4) is 0 Å². The third-order valence-corrected chi connectivity index (χ3v) is 4.65. The third-order valence-electron chi connectivity index (χ3n) is 4.65. The normalized spacial score (nSPS) is 18.5. The van der Waals surface area contributed by atoms with Gasteiger partial charge in [-0.1, -0.05) is 45.4 Å². The third kappa shape index (κ3) is 4.50. The van der Waals surface area contributed by atoms with Crippen LogP contribution >= 0.6 is 0 Å². The number of nitrogens with one attached hydrogen (secondary N) is 1. The molecule has 0 amide bonds. The Morgan fingerprint density at radius 2 is 1.76 bits per heavy atom. The first-order valence-electron chi connectivity index (χ1n) is 8.30. The molecule has 1 aliphatic carbocycles.